The van der Waals surface area contributed by atoms with Gasteiger partial charge >= 0.3 is 0 Å². The monoisotopic (exact) mass is 245 g/mol. The molecule has 3 rings (SSSR count). The number of hydrogen-bond acceptors (Lipinski definition) is 4. The molecule has 5 heteroatoms. The highest BCUT2D eigenvalue weighted by Gasteiger charge is 2.13. The summed E-state index contributed by atoms with van der Waals surface area (Å²) in [7, 11) is 0. The largest absolute Gasteiger partial charge is 0.350 e. The molecule has 96 valence electrons. The van der Waals surface area contributed by atoms with Crippen molar-refractivity contribution in [2.24, 2.45) is 0 Å². The fourth-order valence-corrected chi connectivity index (χ4v) is 2.39. The lowest BCUT2D eigenvalue weighted by atomic mass is 10.1. The SMILES string of the molecule is Cc1ccn2nc(NC3CCCNCC3)nc2c1. The Labute approximate surface area is 107 Å². The molecule has 18 heavy (non-hydrogen) atoms. The highest BCUT2D eigenvalue weighted by Crippen LogP contribution is 2.13. The first kappa shape index (κ1) is 11.5. The Kier molecular flexibility index (Phi) is 3.15. The average Bonchev–Trinajstić information content (AvgIpc) is 2.57. The van der Waals surface area contributed by atoms with Gasteiger partial charge in [-0.15, -0.1) is 5.10 Å². The molecule has 0 saturated carbocycles. The van der Waals surface area contributed by atoms with Gasteiger partial charge in [0.15, 0.2) is 5.65 Å². The fourth-order valence-electron chi connectivity index (χ4n) is 2.39. The molecule has 1 aliphatic rings. The third kappa shape index (κ3) is 2.46. The molecule has 1 atom stereocenters. The molecule has 2 N–H and O–H groups in total. The molecule has 0 aromatic carbocycles. The first-order chi connectivity index (χ1) is 8.81. The Morgan fingerprint density at radius 1 is 1.39 bits per heavy atom. The third-order valence-corrected chi connectivity index (χ3v) is 3.40. The highest BCUT2D eigenvalue weighted by molar-refractivity contribution is 5.45. The molecule has 2 aromatic heterocycles. The van der Waals surface area contributed by atoms with Crippen LogP contribution in [-0.2, 0) is 0 Å². The van der Waals surface area contributed by atoms with Gasteiger partial charge in [-0.1, -0.05) is 0 Å². The summed E-state index contributed by atoms with van der Waals surface area (Å²) in [5.41, 5.74) is 2.12. The first-order valence-corrected chi connectivity index (χ1v) is 6.61. The van der Waals surface area contributed by atoms with Crippen molar-refractivity contribution >= 4 is 11.6 Å². The van der Waals surface area contributed by atoms with Gasteiger partial charge in [0.05, 0.1) is 0 Å². The zero-order valence-electron chi connectivity index (χ0n) is 10.7. The molecule has 3 heterocycles. The van der Waals surface area contributed by atoms with Crippen LogP contribution in [0.4, 0.5) is 5.95 Å². The molecule has 1 unspecified atom stereocenters. The van der Waals surface area contributed by atoms with Crippen molar-refractivity contribution in [2.45, 2.75) is 32.2 Å². The van der Waals surface area contributed by atoms with Crippen LogP contribution in [-0.4, -0.2) is 33.7 Å². The van der Waals surface area contributed by atoms with E-state index in [1.165, 1.54) is 18.4 Å². The maximum atomic E-state index is 4.52. The van der Waals surface area contributed by atoms with Crippen molar-refractivity contribution in [1.29, 1.82) is 0 Å². The van der Waals surface area contributed by atoms with Crippen molar-refractivity contribution in [2.75, 3.05) is 18.4 Å². The van der Waals surface area contributed by atoms with E-state index in [-0.39, 0.29) is 0 Å². The van der Waals surface area contributed by atoms with Crippen LogP contribution in [0.2, 0.25) is 0 Å². The summed E-state index contributed by atoms with van der Waals surface area (Å²) in [5.74, 6) is 0.743. The first-order valence-electron chi connectivity index (χ1n) is 6.61. The smallest absolute Gasteiger partial charge is 0.243 e. The molecule has 0 amide bonds. The molecular formula is C13H19N5. The minimum absolute atomic E-state index is 0.485. The van der Waals surface area contributed by atoms with Crippen LogP contribution in [0.1, 0.15) is 24.8 Å². The molecule has 0 spiro atoms. The van der Waals surface area contributed by atoms with Gasteiger partial charge in [-0.3, -0.25) is 0 Å². The lowest BCUT2D eigenvalue weighted by molar-refractivity contribution is 0.631. The van der Waals surface area contributed by atoms with Crippen molar-refractivity contribution in [3.63, 3.8) is 0 Å². The second-order valence-electron chi connectivity index (χ2n) is 4.96. The Balaban J connectivity index is 1.77. The van der Waals surface area contributed by atoms with Gasteiger partial charge in [0, 0.05) is 12.2 Å². The van der Waals surface area contributed by atoms with Gasteiger partial charge in [0.1, 0.15) is 0 Å². The van der Waals surface area contributed by atoms with E-state index in [4.69, 9.17) is 0 Å². The zero-order valence-corrected chi connectivity index (χ0v) is 10.7. The summed E-state index contributed by atoms with van der Waals surface area (Å²) in [6.07, 6.45) is 5.48. The number of fused-ring (bicyclic) bond motifs is 1. The van der Waals surface area contributed by atoms with Crippen LogP contribution in [0.25, 0.3) is 5.65 Å². The van der Waals surface area contributed by atoms with E-state index in [1.54, 1.807) is 0 Å². The summed E-state index contributed by atoms with van der Waals surface area (Å²) in [6, 6.07) is 4.58. The lowest BCUT2D eigenvalue weighted by Crippen LogP contribution is -2.22. The standard InChI is InChI=1S/C13H19N5/c1-10-5-8-18-12(9-10)16-13(17-18)15-11-3-2-6-14-7-4-11/h5,8-9,11,14H,2-4,6-7H2,1H3,(H,15,17). The van der Waals surface area contributed by atoms with Crippen molar-refractivity contribution in [3.8, 4) is 0 Å². The minimum Gasteiger partial charge on any atom is -0.350 e. The van der Waals surface area contributed by atoms with Gasteiger partial charge in [-0.25, -0.2) is 4.52 Å². The maximum absolute atomic E-state index is 4.52. The Hall–Kier alpha value is -1.62. The number of aromatic nitrogens is 3. The van der Waals surface area contributed by atoms with Crippen LogP contribution in [0.15, 0.2) is 18.3 Å². The number of rotatable bonds is 2. The van der Waals surface area contributed by atoms with Crippen molar-refractivity contribution in [3.05, 3.63) is 23.9 Å². The second-order valence-corrected chi connectivity index (χ2v) is 4.96. The van der Waals surface area contributed by atoms with Gasteiger partial charge < -0.3 is 10.6 Å². The van der Waals surface area contributed by atoms with Gasteiger partial charge in [0.25, 0.3) is 0 Å². The van der Waals surface area contributed by atoms with Crippen LogP contribution in [0.3, 0.4) is 0 Å². The molecule has 1 saturated heterocycles. The predicted molar refractivity (Wildman–Crippen MR) is 71.9 cm³/mol. The Bertz CT molecular complexity index is 525. The summed E-state index contributed by atoms with van der Waals surface area (Å²) < 4.78 is 1.82. The van der Waals surface area contributed by atoms with Crippen molar-refractivity contribution in [1.82, 2.24) is 19.9 Å². The molecule has 5 nitrogen and oxygen atoms in total. The van der Waals surface area contributed by atoms with Gasteiger partial charge in [0.2, 0.25) is 5.95 Å². The van der Waals surface area contributed by atoms with E-state index < -0.39 is 0 Å². The van der Waals surface area contributed by atoms with Crippen molar-refractivity contribution < 1.29 is 0 Å². The fraction of sp³-hybridized carbons (Fsp3) is 0.538. The minimum atomic E-state index is 0.485. The predicted octanol–water partition coefficient (Wildman–Crippen LogP) is 1.59. The average molecular weight is 245 g/mol. The Morgan fingerprint density at radius 3 is 3.28 bits per heavy atom. The van der Waals surface area contributed by atoms with Crippen LogP contribution >= 0.6 is 0 Å². The number of hydrogen-bond donors (Lipinski definition) is 2. The third-order valence-electron chi connectivity index (χ3n) is 3.40. The van der Waals surface area contributed by atoms with E-state index in [2.05, 4.69) is 27.6 Å². The number of nitrogens with one attached hydrogen (secondary N) is 2. The second kappa shape index (κ2) is 4.94. The van der Waals surface area contributed by atoms with E-state index in [9.17, 15) is 0 Å². The normalized spacial score (nSPS) is 20.8. The van der Waals surface area contributed by atoms with E-state index in [1.807, 2.05) is 22.8 Å². The maximum Gasteiger partial charge on any atom is 0.243 e. The number of nitrogens with zero attached hydrogens (tertiary/aromatic N) is 3. The quantitative estimate of drug-likeness (QED) is 0.843. The van der Waals surface area contributed by atoms with Gasteiger partial charge in [-0.2, -0.15) is 4.98 Å². The highest BCUT2D eigenvalue weighted by atomic mass is 15.3. The van der Waals surface area contributed by atoms with Crippen LogP contribution in [0.5, 0.6) is 0 Å². The summed E-state index contributed by atoms with van der Waals surface area (Å²) in [4.78, 5) is 4.52. The van der Waals surface area contributed by atoms with E-state index in [0.717, 1.165) is 31.1 Å². The number of anilines is 1. The molecular weight excluding hydrogens is 226 g/mol. The van der Waals surface area contributed by atoms with E-state index in [0.29, 0.717) is 6.04 Å². The lowest BCUT2D eigenvalue weighted by Gasteiger charge is -2.13. The van der Waals surface area contributed by atoms with E-state index >= 15 is 0 Å². The Morgan fingerprint density at radius 2 is 2.33 bits per heavy atom. The summed E-state index contributed by atoms with van der Waals surface area (Å²) in [5, 5.41) is 11.3. The molecule has 2 aromatic rings. The number of aryl methyl sites for hydroxylation is 1. The summed E-state index contributed by atoms with van der Waals surface area (Å²) >= 11 is 0. The van der Waals surface area contributed by atoms with Gasteiger partial charge in [-0.05, 0) is 57.0 Å². The topological polar surface area (TPSA) is 54.2 Å². The molecule has 1 fully saturated rings. The molecule has 0 bridgehead atoms. The van der Waals surface area contributed by atoms with Crippen LogP contribution < -0.4 is 10.6 Å². The zero-order chi connectivity index (χ0) is 12.4. The molecule has 1 aliphatic heterocycles. The molecule has 0 aliphatic carbocycles. The summed E-state index contributed by atoms with van der Waals surface area (Å²) in [6.45, 7) is 4.26. The molecule has 0 radical (unpaired) electrons. The number of pyridine rings is 1. The van der Waals surface area contributed by atoms with Crippen LogP contribution in [0, 0.1) is 6.92 Å².